The molecule has 8 nitrogen and oxygen atoms in total. The molecule has 4 heterocycles. The SMILES string of the molecule is CCn1c(C)cc2c(F)c(Oc3ncnc(Nc4ccc(N5CCNCC5)cn4)c3F)ccc21. The van der Waals surface area contributed by atoms with Crippen LogP contribution in [-0.2, 0) is 6.54 Å². The second kappa shape index (κ2) is 9.22. The number of anilines is 3. The highest BCUT2D eigenvalue weighted by molar-refractivity contribution is 5.83. The molecule has 0 radical (unpaired) electrons. The Balaban J connectivity index is 1.36. The van der Waals surface area contributed by atoms with Gasteiger partial charge in [0.15, 0.2) is 17.4 Å². The number of piperazine rings is 1. The third-order valence-electron chi connectivity index (χ3n) is 5.95. The zero-order valence-corrected chi connectivity index (χ0v) is 19.0. The Morgan fingerprint density at radius 3 is 2.62 bits per heavy atom. The van der Waals surface area contributed by atoms with E-state index < -0.39 is 11.6 Å². The summed E-state index contributed by atoms with van der Waals surface area (Å²) >= 11 is 0. The summed E-state index contributed by atoms with van der Waals surface area (Å²) in [4.78, 5) is 14.4. The number of nitrogens with one attached hydrogen (secondary N) is 2. The molecule has 1 saturated heterocycles. The Kier molecular flexibility index (Phi) is 5.97. The number of hydrogen-bond acceptors (Lipinski definition) is 7. The van der Waals surface area contributed by atoms with E-state index in [0.29, 0.717) is 11.2 Å². The van der Waals surface area contributed by atoms with E-state index in [9.17, 15) is 0 Å². The van der Waals surface area contributed by atoms with Crippen LogP contribution in [0.15, 0.2) is 42.9 Å². The van der Waals surface area contributed by atoms with Gasteiger partial charge in [-0.15, -0.1) is 0 Å². The number of hydrogen-bond donors (Lipinski definition) is 2. The molecule has 0 amide bonds. The number of pyridine rings is 1. The summed E-state index contributed by atoms with van der Waals surface area (Å²) in [6.45, 7) is 8.28. The van der Waals surface area contributed by atoms with Crippen LogP contribution in [0.4, 0.5) is 26.1 Å². The monoisotopic (exact) mass is 465 g/mol. The maximum Gasteiger partial charge on any atom is 0.261 e. The van der Waals surface area contributed by atoms with Crippen molar-refractivity contribution in [1.29, 1.82) is 0 Å². The fraction of sp³-hybridized carbons (Fsp3) is 0.292. The van der Waals surface area contributed by atoms with Gasteiger partial charge in [-0.1, -0.05) is 0 Å². The molecule has 3 aromatic heterocycles. The lowest BCUT2D eigenvalue weighted by atomic mass is 10.2. The summed E-state index contributed by atoms with van der Waals surface area (Å²) in [5.41, 5.74) is 2.69. The molecule has 2 N–H and O–H groups in total. The Morgan fingerprint density at radius 1 is 1.06 bits per heavy atom. The summed E-state index contributed by atoms with van der Waals surface area (Å²) in [5, 5.41) is 6.57. The number of rotatable bonds is 6. The predicted molar refractivity (Wildman–Crippen MR) is 127 cm³/mol. The normalized spacial score (nSPS) is 13.9. The Morgan fingerprint density at radius 2 is 1.88 bits per heavy atom. The second-order valence-electron chi connectivity index (χ2n) is 8.05. The highest BCUT2D eigenvalue weighted by Crippen LogP contribution is 2.33. The van der Waals surface area contributed by atoms with E-state index in [1.165, 1.54) is 6.07 Å². The quantitative estimate of drug-likeness (QED) is 0.438. The van der Waals surface area contributed by atoms with Gasteiger partial charge in [0.05, 0.1) is 17.4 Å². The third-order valence-corrected chi connectivity index (χ3v) is 5.95. The summed E-state index contributed by atoms with van der Waals surface area (Å²) in [6, 6.07) is 8.67. The first-order valence-electron chi connectivity index (χ1n) is 11.2. The molecule has 0 atom stereocenters. The zero-order chi connectivity index (χ0) is 23.7. The van der Waals surface area contributed by atoms with E-state index in [1.54, 1.807) is 24.4 Å². The fourth-order valence-electron chi connectivity index (χ4n) is 4.22. The highest BCUT2D eigenvalue weighted by atomic mass is 19.1. The standard InChI is InChI=1S/C24H25F2N7O/c1-3-33-15(2)12-17-18(33)5-6-19(21(17)25)34-24-22(26)23(29-14-30-24)31-20-7-4-16(13-28-20)32-10-8-27-9-11-32/h4-7,12-14,27H,3,8-11H2,1-2H3,(H,28,29,30,31). The third kappa shape index (κ3) is 4.12. The molecule has 0 saturated carbocycles. The summed E-state index contributed by atoms with van der Waals surface area (Å²) in [7, 11) is 0. The van der Waals surface area contributed by atoms with E-state index in [-0.39, 0.29) is 17.4 Å². The average molecular weight is 466 g/mol. The molecule has 1 aromatic carbocycles. The maximum atomic E-state index is 15.1. The van der Waals surface area contributed by atoms with Crippen LogP contribution in [0, 0.1) is 18.6 Å². The van der Waals surface area contributed by atoms with Gasteiger partial charge in [0, 0.05) is 43.8 Å². The Labute approximate surface area is 195 Å². The Hall–Kier alpha value is -3.79. The molecule has 5 rings (SSSR count). The average Bonchev–Trinajstić information content (AvgIpc) is 3.20. The van der Waals surface area contributed by atoms with Gasteiger partial charge in [-0.2, -0.15) is 9.37 Å². The minimum absolute atomic E-state index is 0.109. The van der Waals surface area contributed by atoms with Crippen LogP contribution in [-0.4, -0.2) is 45.7 Å². The van der Waals surface area contributed by atoms with Crippen LogP contribution >= 0.6 is 0 Å². The summed E-state index contributed by atoms with van der Waals surface area (Å²) in [6.07, 6.45) is 2.89. The summed E-state index contributed by atoms with van der Waals surface area (Å²) in [5.74, 6) is -1.57. The van der Waals surface area contributed by atoms with Crippen LogP contribution in [0.1, 0.15) is 12.6 Å². The molecule has 34 heavy (non-hydrogen) atoms. The number of ether oxygens (including phenoxy) is 1. The molecular formula is C24H25F2N7O. The molecule has 10 heteroatoms. The van der Waals surface area contributed by atoms with Crippen LogP contribution in [0.2, 0.25) is 0 Å². The van der Waals surface area contributed by atoms with Gasteiger partial charge in [0.2, 0.25) is 5.82 Å². The molecule has 1 aliphatic heterocycles. The van der Waals surface area contributed by atoms with Crippen molar-refractivity contribution < 1.29 is 13.5 Å². The second-order valence-corrected chi connectivity index (χ2v) is 8.05. The highest BCUT2D eigenvalue weighted by Gasteiger charge is 2.19. The largest absolute Gasteiger partial charge is 0.433 e. The number of aromatic nitrogens is 4. The number of nitrogens with zero attached hydrogens (tertiary/aromatic N) is 5. The van der Waals surface area contributed by atoms with Crippen molar-refractivity contribution in [3.8, 4) is 11.6 Å². The van der Waals surface area contributed by atoms with Gasteiger partial charge in [0.1, 0.15) is 12.1 Å². The molecule has 0 bridgehead atoms. The van der Waals surface area contributed by atoms with Gasteiger partial charge in [-0.3, -0.25) is 0 Å². The van der Waals surface area contributed by atoms with E-state index in [1.807, 2.05) is 24.5 Å². The smallest absolute Gasteiger partial charge is 0.261 e. The lowest BCUT2D eigenvalue weighted by Crippen LogP contribution is -2.43. The molecule has 0 aliphatic carbocycles. The molecule has 1 fully saturated rings. The number of fused-ring (bicyclic) bond motifs is 1. The molecule has 176 valence electrons. The first kappa shape index (κ1) is 22.0. The molecular weight excluding hydrogens is 440 g/mol. The van der Waals surface area contributed by atoms with Crippen molar-refractivity contribution in [1.82, 2.24) is 24.8 Å². The van der Waals surface area contributed by atoms with Gasteiger partial charge < -0.3 is 24.8 Å². The van der Waals surface area contributed by atoms with Gasteiger partial charge in [0.25, 0.3) is 5.88 Å². The first-order valence-corrected chi connectivity index (χ1v) is 11.2. The minimum atomic E-state index is -0.836. The van der Waals surface area contributed by atoms with Gasteiger partial charge in [-0.05, 0) is 44.2 Å². The van der Waals surface area contributed by atoms with Crippen LogP contribution in [0.3, 0.4) is 0 Å². The van der Waals surface area contributed by atoms with E-state index in [2.05, 4.69) is 30.5 Å². The van der Waals surface area contributed by atoms with Crippen LogP contribution < -0.4 is 20.3 Å². The maximum absolute atomic E-state index is 15.1. The van der Waals surface area contributed by atoms with Crippen molar-refractivity contribution in [2.24, 2.45) is 0 Å². The van der Waals surface area contributed by atoms with Gasteiger partial charge >= 0.3 is 0 Å². The zero-order valence-electron chi connectivity index (χ0n) is 19.0. The predicted octanol–water partition coefficient (Wildman–Crippen LogP) is 4.38. The van der Waals surface area contributed by atoms with E-state index >= 15 is 8.78 Å². The number of halogens is 2. The van der Waals surface area contributed by atoms with Crippen LogP contribution in [0.25, 0.3) is 10.9 Å². The van der Waals surface area contributed by atoms with Crippen LogP contribution in [0.5, 0.6) is 11.6 Å². The van der Waals surface area contributed by atoms with Crippen molar-refractivity contribution in [3.63, 3.8) is 0 Å². The first-order chi connectivity index (χ1) is 16.5. The van der Waals surface area contributed by atoms with Crippen molar-refractivity contribution in [2.75, 3.05) is 36.4 Å². The lowest BCUT2D eigenvalue weighted by molar-refractivity contribution is 0.399. The minimum Gasteiger partial charge on any atom is -0.433 e. The fourth-order valence-corrected chi connectivity index (χ4v) is 4.22. The molecule has 0 unspecified atom stereocenters. The van der Waals surface area contributed by atoms with Gasteiger partial charge in [-0.25, -0.2) is 14.4 Å². The molecule has 1 aliphatic rings. The topological polar surface area (TPSA) is 80.1 Å². The number of aryl methyl sites for hydroxylation is 2. The summed E-state index contributed by atoms with van der Waals surface area (Å²) < 4.78 is 37.7. The molecule has 0 spiro atoms. The van der Waals surface area contributed by atoms with Crippen molar-refractivity contribution in [3.05, 3.63) is 60.2 Å². The lowest BCUT2D eigenvalue weighted by Gasteiger charge is -2.29. The molecule has 4 aromatic rings. The van der Waals surface area contributed by atoms with E-state index in [0.717, 1.165) is 55.9 Å². The number of benzene rings is 1. The van der Waals surface area contributed by atoms with E-state index in [4.69, 9.17) is 4.74 Å². The van der Waals surface area contributed by atoms with Crippen molar-refractivity contribution >= 4 is 28.2 Å². The van der Waals surface area contributed by atoms with Crippen molar-refractivity contribution in [2.45, 2.75) is 20.4 Å². The Bertz CT molecular complexity index is 1320.